The number of carbonyl (C=O) groups is 1. The summed E-state index contributed by atoms with van der Waals surface area (Å²) in [5.41, 5.74) is 0. The number of anilines is 1. The number of aromatic nitrogens is 2. The van der Waals surface area contributed by atoms with Gasteiger partial charge in [-0.05, 0) is 19.3 Å². The van der Waals surface area contributed by atoms with E-state index in [1.54, 1.807) is 6.20 Å². The molecule has 3 rings (SSSR count). The molecule has 0 unspecified atom stereocenters. The van der Waals surface area contributed by atoms with Crippen LogP contribution in [0.3, 0.4) is 0 Å². The maximum Gasteiger partial charge on any atom is 0.224 e. The lowest BCUT2D eigenvalue weighted by atomic mass is 10.1. The second kappa shape index (κ2) is 6.52. The molecule has 1 aromatic carbocycles. The van der Waals surface area contributed by atoms with Crippen molar-refractivity contribution in [3.05, 3.63) is 30.5 Å². The fraction of sp³-hybridized carbons (Fsp3) is 0.438. The van der Waals surface area contributed by atoms with Gasteiger partial charge in [0.1, 0.15) is 0 Å². The minimum absolute atomic E-state index is 0.232. The Morgan fingerprint density at radius 2 is 2.00 bits per heavy atom. The summed E-state index contributed by atoms with van der Waals surface area (Å²) in [5, 5.41) is 13.5. The molecule has 0 radical (unpaired) electrons. The van der Waals surface area contributed by atoms with E-state index in [0.29, 0.717) is 13.0 Å². The van der Waals surface area contributed by atoms with Crippen LogP contribution in [0.5, 0.6) is 0 Å². The Kier molecular flexibility index (Phi) is 4.28. The normalized spacial score (nSPS) is 15.1. The molecule has 0 saturated carbocycles. The second-order valence-corrected chi connectivity index (χ2v) is 5.40. The van der Waals surface area contributed by atoms with Crippen LogP contribution in [0.25, 0.3) is 10.8 Å². The molecule has 2 aromatic rings. The Bertz CT molecular complexity index is 617. The third-order valence-electron chi connectivity index (χ3n) is 3.91. The Hall–Kier alpha value is -2.17. The molecule has 0 aliphatic carbocycles. The average Bonchev–Trinajstić information content (AvgIpc) is 2.56. The number of hydrogen-bond acceptors (Lipinski definition) is 4. The van der Waals surface area contributed by atoms with E-state index < -0.39 is 0 Å². The van der Waals surface area contributed by atoms with Gasteiger partial charge in [0.15, 0.2) is 5.82 Å². The summed E-state index contributed by atoms with van der Waals surface area (Å²) in [6, 6.07) is 7.98. The zero-order valence-corrected chi connectivity index (χ0v) is 12.1. The summed E-state index contributed by atoms with van der Waals surface area (Å²) in [7, 11) is 0. The molecule has 110 valence electrons. The molecule has 1 aliphatic heterocycles. The molecule has 2 heterocycles. The van der Waals surface area contributed by atoms with E-state index in [-0.39, 0.29) is 5.91 Å². The molecule has 1 saturated heterocycles. The lowest BCUT2D eigenvalue weighted by Gasteiger charge is -2.26. The largest absolute Gasteiger partial charge is 0.368 e. The number of nitrogens with zero attached hydrogens (tertiary/aromatic N) is 3. The van der Waals surface area contributed by atoms with Crippen LogP contribution in [0, 0.1) is 0 Å². The number of rotatable bonds is 4. The summed E-state index contributed by atoms with van der Waals surface area (Å²) in [5.74, 6) is 0.981. The molecular formula is C16H20N4O. The van der Waals surface area contributed by atoms with Gasteiger partial charge in [-0.25, -0.2) is 0 Å². The van der Waals surface area contributed by atoms with Crippen molar-refractivity contribution in [2.75, 3.05) is 25.0 Å². The maximum atomic E-state index is 12.1. The van der Waals surface area contributed by atoms with Gasteiger partial charge < -0.3 is 10.2 Å². The van der Waals surface area contributed by atoms with Crippen molar-refractivity contribution in [3.63, 3.8) is 0 Å². The molecule has 0 bridgehead atoms. The number of nitrogens with one attached hydrogen (secondary N) is 1. The molecule has 21 heavy (non-hydrogen) atoms. The molecule has 1 aromatic heterocycles. The maximum absolute atomic E-state index is 12.1. The number of carbonyl (C=O) groups excluding carboxylic acids is 1. The third-order valence-corrected chi connectivity index (χ3v) is 3.91. The first-order chi connectivity index (χ1) is 10.3. The van der Waals surface area contributed by atoms with E-state index in [1.807, 2.05) is 29.2 Å². The number of fused-ring (bicyclic) bond motifs is 1. The first-order valence-corrected chi connectivity index (χ1v) is 7.57. The summed E-state index contributed by atoms with van der Waals surface area (Å²) in [4.78, 5) is 14.1. The van der Waals surface area contributed by atoms with Gasteiger partial charge in [0.05, 0.1) is 6.20 Å². The molecule has 1 N–H and O–H groups in total. The van der Waals surface area contributed by atoms with Crippen LogP contribution in [0.1, 0.15) is 25.7 Å². The minimum Gasteiger partial charge on any atom is -0.368 e. The van der Waals surface area contributed by atoms with E-state index in [9.17, 15) is 4.79 Å². The van der Waals surface area contributed by atoms with Crippen molar-refractivity contribution >= 4 is 22.5 Å². The van der Waals surface area contributed by atoms with E-state index in [0.717, 1.165) is 42.5 Å². The van der Waals surface area contributed by atoms with Crippen molar-refractivity contribution in [1.82, 2.24) is 15.1 Å². The molecule has 0 atom stereocenters. The van der Waals surface area contributed by atoms with Crippen molar-refractivity contribution < 1.29 is 4.79 Å². The molecule has 1 aliphatic rings. The lowest BCUT2D eigenvalue weighted by molar-refractivity contribution is -0.131. The summed E-state index contributed by atoms with van der Waals surface area (Å²) in [6.45, 7) is 2.41. The van der Waals surface area contributed by atoms with Crippen molar-refractivity contribution in [3.8, 4) is 0 Å². The molecule has 0 spiro atoms. The van der Waals surface area contributed by atoms with Gasteiger partial charge in [0.25, 0.3) is 0 Å². The van der Waals surface area contributed by atoms with Crippen LogP contribution in [0.4, 0.5) is 5.82 Å². The Morgan fingerprint density at radius 3 is 2.86 bits per heavy atom. The fourth-order valence-electron chi connectivity index (χ4n) is 2.75. The second-order valence-electron chi connectivity index (χ2n) is 5.40. The smallest absolute Gasteiger partial charge is 0.224 e. The number of benzene rings is 1. The zero-order chi connectivity index (χ0) is 14.5. The van der Waals surface area contributed by atoms with Crippen LogP contribution in [0.15, 0.2) is 30.5 Å². The predicted molar refractivity (Wildman–Crippen MR) is 83.1 cm³/mol. The van der Waals surface area contributed by atoms with Crippen LogP contribution >= 0.6 is 0 Å². The first-order valence-electron chi connectivity index (χ1n) is 7.57. The standard InChI is InChI=1S/C16H20N4O/c21-15(20-10-4-1-5-11-20)8-9-17-16-14-7-3-2-6-13(14)12-18-19-16/h2-3,6-7,12H,1,4-5,8-11H2,(H,17,19). The average molecular weight is 284 g/mol. The van der Waals surface area contributed by atoms with Gasteiger partial charge in [0.2, 0.25) is 5.91 Å². The van der Waals surface area contributed by atoms with E-state index in [4.69, 9.17) is 0 Å². The van der Waals surface area contributed by atoms with E-state index in [1.165, 1.54) is 6.42 Å². The Labute approximate surface area is 124 Å². The van der Waals surface area contributed by atoms with Gasteiger partial charge in [-0.1, -0.05) is 24.3 Å². The Morgan fingerprint density at radius 1 is 1.19 bits per heavy atom. The monoisotopic (exact) mass is 284 g/mol. The SMILES string of the molecule is O=C(CCNc1nncc2ccccc12)N1CCCCC1. The van der Waals surface area contributed by atoms with E-state index in [2.05, 4.69) is 15.5 Å². The van der Waals surface area contributed by atoms with Crippen LogP contribution in [-0.2, 0) is 4.79 Å². The third kappa shape index (κ3) is 3.29. The van der Waals surface area contributed by atoms with Crippen molar-refractivity contribution in [2.24, 2.45) is 0 Å². The number of piperidine rings is 1. The molecule has 5 nitrogen and oxygen atoms in total. The lowest BCUT2D eigenvalue weighted by Crippen LogP contribution is -2.36. The highest BCUT2D eigenvalue weighted by Crippen LogP contribution is 2.19. The van der Waals surface area contributed by atoms with Crippen molar-refractivity contribution in [2.45, 2.75) is 25.7 Å². The van der Waals surface area contributed by atoms with Gasteiger partial charge >= 0.3 is 0 Å². The quantitative estimate of drug-likeness (QED) is 0.937. The van der Waals surface area contributed by atoms with Gasteiger partial charge in [-0.3, -0.25) is 4.79 Å². The molecule has 1 fully saturated rings. The Balaban J connectivity index is 1.58. The topological polar surface area (TPSA) is 58.1 Å². The highest BCUT2D eigenvalue weighted by Gasteiger charge is 2.15. The number of hydrogen-bond donors (Lipinski definition) is 1. The highest BCUT2D eigenvalue weighted by atomic mass is 16.2. The van der Waals surface area contributed by atoms with Gasteiger partial charge in [-0.15, -0.1) is 5.10 Å². The fourth-order valence-corrected chi connectivity index (χ4v) is 2.75. The summed E-state index contributed by atoms with van der Waals surface area (Å²) >= 11 is 0. The van der Waals surface area contributed by atoms with Crippen LogP contribution in [-0.4, -0.2) is 40.6 Å². The predicted octanol–water partition coefficient (Wildman–Crippen LogP) is 2.44. The van der Waals surface area contributed by atoms with Gasteiger partial charge in [0, 0.05) is 36.8 Å². The number of amides is 1. The first kappa shape index (κ1) is 13.8. The van der Waals surface area contributed by atoms with Crippen molar-refractivity contribution in [1.29, 1.82) is 0 Å². The summed E-state index contributed by atoms with van der Waals surface area (Å²) in [6.07, 6.45) is 5.76. The van der Waals surface area contributed by atoms with Gasteiger partial charge in [-0.2, -0.15) is 5.10 Å². The minimum atomic E-state index is 0.232. The van der Waals surface area contributed by atoms with Crippen LogP contribution in [0.2, 0.25) is 0 Å². The van der Waals surface area contributed by atoms with Crippen LogP contribution < -0.4 is 5.32 Å². The molecular weight excluding hydrogens is 264 g/mol. The number of likely N-dealkylation sites (tertiary alicyclic amines) is 1. The highest BCUT2D eigenvalue weighted by molar-refractivity contribution is 5.91. The zero-order valence-electron chi connectivity index (χ0n) is 12.1. The molecule has 5 heteroatoms. The summed E-state index contributed by atoms with van der Waals surface area (Å²) < 4.78 is 0. The van der Waals surface area contributed by atoms with E-state index >= 15 is 0 Å². The molecule has 1 amide bonds.